The number of carbonyl (C=O) groups excluding carboxylic acids is 1. The first kappa shape index (κ1) is 18.0. The second-order valence-electron chi connectivity index (χ2n) is 8.40. The summed E-state index contributed by atoms with van der Waals surface area (Å²) in [5.41, 5.74) is 1.40. The third kappa shape index (κ3) is 3.67. The molecule has 0 spiro atoms. The van der Waals surface area contributed by atoms with Gasteiger partial charge in [0.1, 0.15) is 0 Å². The summed E-state index contributed by atoms with van der Waals surface area (Å²) in [7, 11) is 0. The lowest BCUT2D eigenvalue weighted by atomic mass is 9.53. The summed E-state index contributed by atoms with van der Waals surface area (Å²) in [5.74, 6) is 2.19. The van der Waals surface area contributed by atoms with Crippen LogP contribution in [0.25, 0.3) is 0 Å². The van der Waals surface area contributed by atoms with E-state index < -0.39 is 0 Å². The van der Waals surface area contributed by atoms with E-state index in [4.69, 9.17) is 4.74 Å². The molecule has 0 bridgehead atoms. The van der Waals surface area contributed by atoms with Gasteiger partial charge in [-0.25, -0.2) is 0 Å². The van der Waals surface area contributed by atoms with Gasteiger partial charge < -0.3 is 10.1 Å². The molecule has 0 radical (unpaired) electrons. The van der Waals surface area contributed by atoms with Crippen molar-refractivity contribution < 1.29 is 9.53 Å². The van der Waals surface area contributed by atoms with Gasteiger partial charge in [-0.15, -0.1) is 0 Å². The fraction of sp³-hybridized carbons (Fsp3) is 0.682. The standard InChI is InChI=1S/C22H32N2O2/c1-16(15-24-11-13-26-14-12-24)22(25)23-21-19-10-6-5-9-18(19)20(21)17-7-3-2-4-8-17/h2-4,7-8,16,18-21H,5-6,9-15H2,1H3,(H,23,25)/t16-,18+,19+,20+,21+/m1/s1. The maximum absolute atomic E-state index is 12.9. The molecule has 4 rings (SSSR count). The summed E-state index contributed by atoms with van der Waals surface area (Å²) in [6.07, 6.45) is 5.26. The zero-order valence-corrected chi connectivity index (χ0v) is 15.9. The van der Waals surface area contributed by atoms with Crippen LogP contribution < -0.4 is 5.32 Å². The molecular formula is C22H32N2O2. The fourth-order valence-corrected chi connectivity index (χ4v) is 5.35. The molecule has 142 valence electrons. The predicted molar refractivity (Wildman–Crippen MR) is 103 cm³/mol. The van der Waals surface area contributed by atoms with Crippen molar-refractivity contribution in [1.82, 2.24) is 10.2 Å². The number of nitrogens with one attached hydrogen (secondary N) is 1. The molecule has 1 aromatic rings. The summed E-state index contributed by atoms with van der Waals surface area (Å²) in [5, 5.41) is 3.46. The smallest absolute Gasteiger partial charge is 0.224 e. The average Bonchev–Trinajstić information content (AvgIpc) is 2.68. The van der Waals surface area contributed by atoms with Gasteiger partial charge in [-0.1, -0.05) is 50.1 Å². The van der Waals surface area contributed by atoms with Crippen LogP contribution in [0.1, 0.15) is 44.1 Å². The number of amides is 1. The molecule has 5 atom stereocenters. The van der Waals surface area contributed by atoms with Crippen molar-refractivity contribution in [3.05, 3.63) is 35.9 Å². The van der Waals surface area contributed by atoms with E-state index in [0.29, 0.717) is 17.9 Å². The Bertz CT molecular complexity index is 599. The molecule has 2 saturated carbocycles. The van der Waals surface area contributed by atoms with Crippen molar-refractivity contribution >= 4 is 5.91 Å². The highest BCUT2D eigenvalue weighted by molar-refractivity contribution is 5.79. The molecule has 1 aliphatic heterocycles. The van der Waals surface area contributed by atoms with Crippen LogP contribution in [0.15, 0.2) is 30.3 Å². The van der Waals surface area contributed by atoms with Gasteiger partial charge in [-0.05, 0) is 30.2 Å². The largest absolute Gasteiger partial charge is 0.379 e. The van der Waals surface area contributed by atoms with E-state index in [1.165, 1.54) is 31.2 Å². The Hall–Kier alpha value is -1.39. The van der Waals surface area contributed by atoms with Crippen molar-refractivity contribution in [2.24, 2.45) is 17.8 Å². The highest BCUT2D eigenvalue weighted by Crippen LogP contribution is 2.54. The number of morpholine rings is 1. The van der Waals surface area contributed by atoms with Gasteiger partial charge >= 0.3 is 0 Å². The zero-order valence-electron chi connectivity index (χ0n) is 15.9. The Kier molecular flexibility index (Phi) is 5.60. The summed E-state index contributed by atoms with van der Waals surface area (Å²) >= 11 is 0. The van der Waals surface area contributed by atoms with Crippen molar-refractivity contribution in [3.63, 3.8) is 0 Å². The molecule has 4 nitrogen and oxygen atoms in total. The maximum atomic E-state index is 12.9. The molecule has 1 N–H and O–H groups in total. The molecule has 3 aliphatic rings. The van der Waals surface area contributed by atoms with E-state index in [9.17, 15) is 4.79 Å². The first-order chi connectivity index (χ1) is 12.7. The van der Waals surface area contributed by atoms with Crippen LogP contribution in [0, 0.1) is 17.8 Å². The van der Waals surface area contributed by atoms with E-state index in [1.54, 1.807) is 0 Å². The summed E-state index contributed by atoms with van der Waals surface area (Å²) in [4.78, 5) is 15.3. The number of ether oxygens (including phenoxy) is 1. The summed E-state index contributed by atoms with van der Waals surface area (Å²) in [6.45, 7) is 6.37. The van der Waals surface area contributed by atoms with Gasteiger partial charge in [-0.3, -0.25) is 9.69 Å². The second-order valence-corrected chi connectivity index (χ2v) is 8.40. The average molecular weight is 357 g/mol. The molecule has 0 unspecified atom stereocenters. The van der Waals surface area contributed by atoms with E-state index in [0.717, 1.165) is 38.8 Å². The number of hydrogen-bond donors (Lipinski definition) is 1. The minimum Gasteiger partial charge on any atom is -0.379 e. The molecule has 1 aromatic carbocycles. The van der Waals surface area contributed by atoms with Gasteiger partial charge in [0.15, 0.2) is 0 Å². The van der Waals surface area contributed by atoms with Gasteiger partial charge in [0, 0.05) is 37.5 Å². The zero-order chi connectivity index (χ0) is 17.9. The molecule has 1 saturated heterocycles. The highest BCUT2D eigenvalue weighted by atomic mass is 16.5. The molecule has 26 heavy (non-hydrogen) atoms. The minimum atomic E-state index is 0.0344. The van der Waals surface area contributed by atoms with Crippen molar-refractivity contribution in [1.29, 1.82) is 0 Å². The van der Waals surface area contributed by atoms with Crippen LogP contribution in [0.5, 0.6) is 0 Å². The van der Waals surface area contributed by atoms with E-state index in [1.807, 2.05) is 0 Å². The normalized spacial score (nSPS) is 33.0. The van der Waals surface area contributed by atoms with E-state index >= 15 is 0 Å². The number of fused-ring (bicyclic) bond motifs is 1. The van der Waals surface area contributed by atoms with Crippen molar-refractivity contribution in [3.8, 4) is 0 Å². The Morgan fingerprint density at radius 2 is 1.85 bits per heavy atom. The van der Waals surface area contributed by atoms with Crippen LogP contribution in [-0.2, 0) is 9.53 Å². The summed E-state index contributed by atoms with van der Waals surface area (Å²) in [6, 6.07) is 11.1. The Labute approximate surface area is 157 Å². The van der Waals surface area contributed by atoms with Crippen LogP contribution in [0.4, 0.5) is 0 Å². The molecule has 2 aliphatic carbocycles. The molecule has 3 fully saturated rings. The monoisotopic (exact) mass is 356 g/mol. The minimum absolute atomic E-state index is 0.0344. The van der Waals surface area contributed by atoms with Gasteiger partial charge in [0.05, 0.1) is 13.2 Å². The highest BCUT2D eigenvalue weighted by Gasteiger charge is 2.51. The number of nitrogens with zero attached hydrogens (tertiary/aromatic N) is 1. The first-order valence-corrected chi connectivity index (χ1v) is 10.4. The Morgan fingerprint density at radius 3 is 2.58 bits per heavy atom. The number of carbonyl (C=O) groups is 1. The van der Waals surface area contributed by atoms with Gasteiger partial charge in [0.25, 0.3) is 0 Å². The van der Waals surface area contributed by atoms with E-state index in [2.05, 4.69) is 47.5 Å². The Morgan fingerprint density at radius 1 is 1.15 bits per heavy atom. The number of rotatable bonds is 5. The molecule has 1 heterocycles. The van der Waals surface area contributed by atoms with Crippen molar-refractivity contribution in [2.45, 2.75) is 44.6 Å². The topological polar surface area (TPSA) is 41.6 Å². The lowest BCUT2D eigenvalue weighted by molar-refractivity contribution is -0.129. The second kappa shape index (κ2) is 8.10. The maximum Gasteiger partial charge on any atom is 0.224 e. The molecule has 0 aromatic heterocycles. The third-order valence-corrected chi connectivity index (χ3v) is 6.76. The van der Waals surface area contributed by atoms with Crippen LogP contribution in [0.3, 0.4) is 0 Å². The lowest BCUT2D eigenvalue weighted by Gasteiger charge is -2.55. The fourth-order valence-electron chi connectivity index (χ4n) is 5.35. The van der Waals surface area contributed by atoms with Crippen molar-refractivity contribution in [2.75, 3.05) is 32.8 Å². The summed E-state index contributed by atoms with van der Waals surface area (Å²) < 4.78 is 5.41. The predicted octanol–water partition coefficient (Wildman–Crippen LogP) is 3.04. The SMILES string of the molecule is C[C@H](CN1CCOCC1)C(=O)N[C@H]1[C@H]2CCCC[C@@H]2[C@@H]1c1ccccc1. The number of benzene rings is 1. The molecule has 4 heteroatoms. The van der Waals surface area contributed by atoms with Crippen LogP contribution in [-0.4, -0.2) is 49.7 Å². The molecule has 1 amide bonds. The first-order valence-electron chi connectivity index (χ1n) is 10.4. The lowest BCUT2D eigenvalue weighted by Crippen LogP contribution is -2.60. The van der Waals surface area contributed by atoms with Gasteiger partial charge in [-0.2, -0.15) is 0 Å². The van der Waals surface area contributed by atoms with Crippen LogP contribution >= 0.6 is 0 Å². The number of hydrogen-bond acceptors (Lipinski definition) is 3. The third-order valence-electron chi connectivity index (χ3n) is 6.76. The quantitative estimate of drug-likeness (QED) is 0.882. The van der Waals surface area contributed by atoms with Gasteiger partial charge in [0.2, 0.25) is 5.91 Å². The molecular weight excluding hydrogens is 324 g/mol. The Balaban J connectivity index is 1.40. The van der Waals surface area contributed by atoms with E-state index in [-0.39, 0.29) is 11.8 Å². The van der Waals surface area contributed by atoms with Crippen LogP contribution in [0.2, 0.25) is 0 Å².